The topological polar surface area (TPSA) is 20.3 Å². The Kier molecular flexibility index (Phi) is 3.37. The maximum absolute atomic E-state index is 13.0. The number of fused-ring (bicyclic) bond motifs is 1. The van der Waals surface area contributed by atoms with Crippen molar-refractivity contribution >= 4 is 5.78 Å². The van der Waals surface area contributed by atoms with Crippen LogP contribution >= 0.6 is 0 Å². The summed E-state index contributed by atoms with van der Waals surface area (Å²) in [5, 5.41) is 0. The van der Waals surface area contributed by atoms with Gasteiger partial charge in [-0.1, -0.05) is 30.7 Å². The first-order valence-electron chi connectivity index (χ1n) is 8.62. The van der Waals surface area contributed by atoms with Crippen molar-refractivity contribution in [1.29, 1.82) is 0 Å². The zero-order valence-electron chi connectivity index (χ0n) is 12.8. The quantitative estimate of drug-likeness (QED) is 0.825. The van der Waals surface area contributed by atoms with E-state index in [1.807, 2.05) is 12.1 Å². The van der Waals surface area contributed by atoms with Gasteiger partial charge in [-0.15, -0.1) is 0 Å². The zero-order chi connectivity index (χ0) is 14.3. The summed E-state index contributed by atoms with van der Waals surface area (Å²) in [6.07, 6.45) is 8.59. The molecule has 0 N–H and O–H groups in total. The Labute approximate surface area is 127 Å². The van der Waals surface area contributed by atoms with Crippen LogP contribution in [0.5, 0.6) is 0 Å². The number of hydrogen-bond donors (Lipinski definition) is 0. The summed E-state index contributed by atoms with van der Waals surface area (Å²) in [4.78, 5) is 15.6. The fourth-order valence-corrected chi connectivity index (χ4v) is 4.41. The van der Waals surface area contributed by atoms with E-state index < -0.39 is 0 Å². The van der Waals surface area contributed by atoms with Gasteiger partial charge in [0, 0.05) is 17.5 Å². The third-order valence-corrected chi connectivity index (χ3v) is 6.17. The molecule has 1 saturated heterocycles. The van der Waals surface area contributed by atoms with Crippen molar-refractivity contribution in [3.8, 4) is 0 Å². The van der Waals surface area contributed by atoms with Crippen molar-refractivity contribution < 1.29 is 4.79 Å². The predicted molar refractivity (Wildman–Crippen MR) is 84.5 cm³/mol. The molecule has 0 unspecified atom stereocenters. The Morgan fingerprint density at radius 2 is 1.86 bits per heavy atom. The maximum atomic E-state index is 13.0. The summed E-state index contributed by atoms with van der Waals surface area (Å²) in [6, 6.07) is 8.25. The molecule has 2 fully saturated rings. The van der Waals surface area contributed by atoms with E-state index in [-0.39, 0.29) is 5.41 Å². The first-order valence-corrected chi connectivity index (χ1v) is 8.62. The van der Waals surface area contributed by atoms with E-state index in [2.05, 4.69) is 17.0 Å². The molecule has 2 aliphatic carbocycles. The average molecular weight is 283 g/mol. The van der Waals surface area contributed by atoms with Crippen LogP contribution in [-0.4, -0.2) is 30.3 Å². The van der Waals surface area contributed by atoms with E-state index in [0.29, 0.717) is 5.78 Å². The number of ketones is 1. The molecule has 2 nitrogen and oxygen atoms in total. The SMILES string of the molecule is O=C1c2ccccc2CCC12CCN(CC1CCC1)CC2. The minimum atomic E-state index is -0.0372. The van der Waals surface area contributed by atoms with Gasteiger partial charge >= 0.3 is 0 Å². The van der Waals surface area contributed by atoms with Gasteiger partial charge in [-0.2, -0.15) is 0 Å². The fraction of sp³-hybridized carbons (Fsp3) is 0.632. The molecule has 2 heteroatoms. The third kappa shape index (κ3) is 2.34. The lowest BCUT2D eigenvalue weighted by Gasteiger charge is -2.44. The second-order valence-corrected chi connectivity index (χ2v) is 7.36. The number of aryl methyl sites for hydroxylation is 1. The van der Waals surface area contributed by atoms with Gasteiger partial charge in [-0.25, -0.2) is 0 Å². The second-order valence-electron chi connectivity index (χ2n) is 7.36. The molecule has 0 radical (unpaired) electrons. The van der Waals surface area contributed by atoms with E-state index in [9.17, 15) is 4.79 Å². The molecule has 0 bridgehead atoms. The summed E-state index contributed by atoms with van der Waals surface area (Å²) in [5.41, 5.74) is 2.24. The minimum absolute atomic E-state index is 0.0372. The Balaban J connectivity index is 1.46. The highest BCUT2D eigenvalue weighted by Gasteiger charge is 2.44. The number of carbonyl (C=O) groups excluding carboxylic acids is 1. The van der Waals surface area contributed by atoms with E-state index in [1.165, 1.54) is 31.4 Å². The summed E-state index contributed by atoms with van der Waals surface area (Å²) < 4.78 is 0. The van der Waals surface area contributed by atoms with Crippen molar-refractivity contribution in [2.75, 3.05) is 19.6 Å². The van der Waals surface area contributed by atoms with Crippen LogP contribution in [0.3, 0.4) is 0 Å². The summed E-state index contributed by atoms with van der Waals surface area (Å²) >= 11 is 0. The molecule has 21 heavy (non-hydrogen) atoms. The Bertz CT molecular complexity index is 538. The summed E-state index contributed by atoms with van der Waals surface area (Å²) in [5.74, 6) is 1.38. The van der Waals surface area contributed by atoms with Gasteiger partial charge in [0.2, 0.25) is 0 Å². The standard InChI is InChI=1S/C19H25NO/c21-18-17-7-2-1-6-16(17)8-9-19(18)10-12-20(13-11-19)14-15-4-3-5-15/h1-2,6-7,15H,3-5,8-14H2. The molecule has 0 amide bonds. The highest BCUT2D eigenvalue weighted by molar-refractivity contribution is 6.02. The first-order chi connectivity index (χ1) is 10.3. The number of carbonyl (C=O) groups is 1. The van der Waals surface area contributed by atoms with Gasteiger partial charge in [0.15, 0.2) is 5.78 Å². The van der Waals surface area contributed by atoms with Crippen LogP contribution in [0.1, 0.15) is 54.4 Å². The Morgan fingerprint density at radius 3 is 2.57 bits per heavy atom. The number of likely N-dealkylation sites (tertiary alicyclic amines) is 1. The van der Waals surface area contributed by atoms with Crippen LogP contribution in [0.2, 0.25) is 0 Å². The molecule has 112 valence electrons. The maximum Gasteiger partial charge on any atom is 0.169 e. The van der Waals surface area contributed by atoms with E-state index in [0.717, 1.165) is 50.3 Å². The van der Waals surface area contributed by atoms with Gasteiger partial charge < -0.3 is 4.90 Å². The highest BCUT2D eigenvalue weighted by Crippen LogP contribution is 2.43. The molecular formula is C19H25NO. The molecule has 4 rings (SSSR count). The van der Waals surface area contributed by atoms with Gasteiger partial charge in [-0.05, 0) is 63.1 Å². The van der Waals surface area contributed by atoms with Crippen LogP contribution in [0, 0.1) is 11.3 Å². The predicted octanol–water partition coefficient (Wildman–Crippen LogP) is 3.70. The molecule has 1 aromatic carbocycles. The van der Waals surface area contributed by atoms with E-state index in [1.54, 1.807) is 0 Å². The van der Waals surface area contributed by atoms with Gasteiger partial charge in [-0.3, -0.25) is 4.79 Å². The smallest absolute Gasteiger partial charge is 0.169 e. The number of rotatable bonds is 2. The number of benzene rings is 1. The van der Waals surface area contributed by atoms with Crippen molar-refractivity contribution in [2.24, 2.45) is 11.3 Å². The fourth-order valence-electron chi connectivity index (χ4n) is 4.41. The number of hydrogen-bond acceptors (Lipinski definition) is 2. The number of piperidine rings is 1. The molecule has 1 aliphatic heterocycles. The lowest BCUT2D eigenvalue weighted by molar-refractivity contribution is 0.0480. The minimum Gasteiger partial charge on any atom is -0.303 e. The molecule has 3 aliphatic rings. The van der Waals surface area contributed by atoms with Crippen molar-refractivity contribution in [3.63, 3.8) is 0 Å². The van der Waals surface area contributed by atoms with Gasteiger partial charge in [0.1, 0.15) is 0 Å². The first kappa shape index (κ1) is 13.5. The highest BCUT2D eigenvalue weighted by atomic mass is 16.1. The van der Waals surface area contributed by atoms with Crippen LogP contribution in [0.25, 0.3) is 0 Å². The molecule has 1 heterocycles. The second kappa shape index (κ2) is 5.24. The van der Waals surface area contributed by atoms with Crippen LogP contribution in [0.4, 0.5) is 0 Å². The summed E-state index contributed by atoms with van der Waals surface area (Å²) in [7, 11) is 0. The molecule has 1 spiro atoms. The Hall–Kier alpha value is -1.15. The lowest BCUT2D eigenvalue weighted by atomic mass is 9.65. The van der Waals surface area contributed by atoms with E-state index in [4.69, 9.17) is 0 Å². The van der Waals surface area contributed by atoms with Crippen molar-refractivity contribution in [2.45, 2.75) is 44.9 Å². The van der Waals surface area contributed by atoms with E-state index >= 15 is 0 Å². The van der Waals surface area contributed by atoms with Crippen LogP contribution < -0.4 is 0 Å². The molecule has 0 aromatic heterocycles. The molecule has 1 aromatic rings. The largest absolute Gasteiger partial charge is 0.303 e. The van der Waals surface area contributed by atoms with Gasteiger partial charge in [0.25, 0.3) is 0 Å². The normalized spacial score (nSPS) is 25.6. The van der Waals surface area contributed by atoms with Crippen LogP contribution in [-0.2, 0) is 6.42 Å². The third-order valence-electron chi connectivity index (χ3n) is 6.17. The lowest BCUT2D eigenvalue weighted by Crippen LogP contribution is -2.47. The van der Waals surface area contributed by atoms with Crippen molar-refractivity contribution in [3.05, 3.63) is 35.4 Å². The van der Waals surface area contributed by atoms with Crippen molar-refractivity contribution in [1.82, 2.24) is 4.90 Å². The van der Waals surface area contributed by atoms with Gasteiger partial charge in [0.05, 0.1) is 0 Å². The number of nitrogens with zero attached hydrogens (tertiary/aromatic N) is 1. The zero-order valence-corrected chi connectivity index (χ0v) is 12.8. The number of Topliss-reactive ketones (excluding diaryl/α,β-unsaturated/α-hetero) is 1. The Morgan fingerprint density at radius 1 is 1.10 bits per heavy atom. The molecule has 0 atom stereocenters. The van der Waals surface area contributed by atoms with Crippen LogP contribution in [0.15, 0.2) is 24.3 Å². The molecule has 1 saturated carbocycles. The monoisotopic (exact) mass is 283 g/mol. The average Bonchev–Trinajstić information content (AvgIpc) is 2.49. The molecular weight excluding hydrogens is 258 g/mol. The summed E-state index contributed by atoms with van der Waals surface area (Å²) in [6.45, 7) is 3.54.